The highest BCUT2D eigenvalue weighted by Crippen LogP contribution is 2.21. The van der Waals surface area contributed by atoms with Gasteiger partial charge in [0.25, 0.3) is 0 Å². The molecule has 2 unspecified atom stereocenters. The summed E-state index contributed by atoms with van der Waals surface area (Å²) in [5.74, 6) is 0.248. The smallest absolute Gasteiger partial charge is 0.421 e. The fourth-order valence-electron chi connectivity index (χ4n) is 2.17. The van der Waals surface area contributed by atoms with E-state index < -0.39 is 16.3 Å². The minimum absolute atomic E-state index is 0.140. The van der Waals surface area contributed by atoms with Gasteiger partial charge >= 0.3 is 16.3 Å². The molecule has 1 aliphatic rings. The summed E-state index contributed by atoms with van der Waals surface area (Å²) < 4.78 is 31.9. The van der Waals surface area contributed by atoms with Gasteiger partial charge in [-0.2, -0.15) is 12.7 Å². The highest BCUT2D eigenvalue weighted by molar-refractivity contribution is 7.87. The summed E-state index contributed by atoms with van der Waals surface area (Å²) in [6, 6.07) is 0.237. The van der Waals surface area contributed by atoms with Crippen LogP contribution in [0.5, 0.6) is 0 Å². The lowest BCUT2D eigenvalue weighted by Crippen LogP contribution is -2.50. The Hall–Kier alpha value is -0.860. The van der Waals surface area contributed by atoms with Crippen LogP contribution in [-0.2, 0) is 14.9 Å². The van der Waals surface area contributed by atoms with Crippen LogP contribution < -0.4 is 10.0 Å². The van der Waals surface area contributed by atoms with Crippen molar-refractivity contribution in [2.45, 2.75) is 32.7 Å². The Labute approximate surface area is 114 Å². The number of carbonyl (C=O) groups is 1. The first kappa shape index (κ1) is 16.2. The summed E-state index contributed by atoms with van der Waals surface area (Å²) in [5, 5.41) is 3.13. The van der Waals surface area contributed by atoms with Gasteiger partial charge in [0.2, 0.25) is 0 Å². The highest BCUT2D eigenvalue weighted by atomic mass is 32.2. The molecule has 1 amide bonds. The van der Waals surface area contributed by atoms with E-state index in [9.17, 15) is 13.2 Å². The van der Waals surface area contributed by atoms with Crippen molar-refractivity contribution in [3.05, 3.63) is 0 Å². The fourth-order valence-corrected chi connectivity index (χ4v) is 3.32. The van der Waals surface area contributed by atoms with Crippen molar-refractivity contribution in [3.63, 3.8) is 0 Å². The molecule has 1 fully saturated rings. The van der Waals surface area contributed by atoms with Crippen molar-refractivity contribution >= 4 is 16.3 Å². The third-order valence-corrected chi connectivity index (χ3v) is 4.85. The summed E-state index contributed by atoms with van der Waals surface area (Å²) in [4.78, 5) is 11.2. The number of rotatable bonds is 5. The lowest BCUT2D eigenvalue weighted by atomic mass is 9.93. The number of hydrogen-bond donors (Lipinski definition) is 2. The number of nitrogens with one attached hydrogen (secondary N) is 2. The van der Waals surface area contributed by atoms with E-state index in [1.807, 2.05) is 18.7 Å². The molecule has 0 spiro atoms. The minimum Gasteiger partial charge on any atom is -0.449 e. The van der Waals surface area contributed by atoms with Gasteiger partial charge in [-0.05, 0) is 39.7 Å². The minimum atomic E-state index is -3.80. The molecule has 0 aliphatic carbocycles. The zero-order valence-electron chi connectivity index (χ0n) is 11.7. The first-order chi connectivity index (χ1) is 8.90. The molecule has 19 heavy (non-hydrogen) atoms. The predicted molar refractivity (Wildman–Crippen MR) is 71.9 cm³/mol. The van der Waals surface area contributed by atoms with Crippen LogP contribution in [0, 0.1) is 5.92 Å². The second-order valence-electron chi connectivity index (χ2n) is 4.67. The normalized spacial score (nSPS) is 22.8. The van der Waals surface area contributed by atoms with Gasteiger partial charge in [-0.3, -0.25) is 0 Å². The Kier molecular flexibility index (Phi) is 6.02. The molecule has 1 heterocycles. The zero-order chi connectivity index (χ0) is 14.5. The maximum absolute atomic E-state index is 12.0. The molecule has 1 saturated heterocycles. The van der Waals surface area contributed by atoms with Gasteiger partial charge in [0.1, 0.15) is 0 Å². The third-order valence-electron chi connectivity index (χ3n) is 3.41. The van der Waals surface area contributed by atoms with Crippen LogP contribution >= 0.6 is 0 Å². The lowest BCUT2D eigenvalue weighted by molar-refractivity contribution is 0.157. The average Bonchev–Trinajstić information content (AvgIpc) is 2.37. The molecule has 0 saturated carbocycles. The quantitative estimate of drug-likeness (QED) is 0.761. The van der Waals surface area contributed by atoms with Gasteiger partial charge in [-0.15, -0.1) is 0 Å². The summed E-state index contributed by atoms with van der Waals surface area (Å²) in [7, 11) is -1.94. The van der Waals surface area contributed by atoms with Crippen molar-refractivity contribution in [1.82, 2.24) is 14.3 Å². The van der Waals surface area contributed by atoms with Crippen LogP contribution in [0.1, 0.15) is 26.7 Å². The number of nitrogens with zero attached hydrogens (tertiary/aromatic N) is 1. The summed E-state index contributed by atoms with van der Waals surface area (Å²) in [6.07, 6.45) is 0.847. The Morgan fingerprint density at radius 3 is 2.79 bits per heavy atom. The van der Waals surface area contributed by atoms with Crippen molar-refractivity contribution in [2.75, 3.05) is 26.7 Å². The van der Waals surface area contributed by atoms with E-state index in [2.05, 4.69) is 10.1 Å². The second kappa shape index (κ2) is 7.06. The number of piperidine rings is 1. The van der Waals surface area contributed by atoms with E-state index in [4.69, 9.17) is 0 Å². The molecule has 1 rings (SSSR count). The third kappa shape index (κ3) is 4.63. The van der Waals surface area contributed by atoms with Gasteiger partial charge in [0.05, 0.1) is 6.61 Å². The van der Waals surface area contributed by atoms with Gasteiger partial charge < -0.3 is 10.1 Å². The topological polar surface area (TPSA) is 87.7 Å². The monoisotopic (exact) mass is 293 g/mol. The average molecular weight is 293 g/mol. The van der Waals surface area contributed by atoms with E-state index >= 15 is 0 Å². The van der Waals surface area contributed by atoms with Crippen LogP contribution in [-0.4, -0.2) is 51.6 Å². The second-order valence-corrected chi connectivity index (χ2v) is 6.34. The number of carbonyl (C=O) groups excluding carboxylic acids is 1. The molecule has 0 aromatic carbocycles. The number of hydrogen-bond acceptors (Lipinski definition) is 5. The first-order valence-electron chi connectivity index (χ1n) is 6.52. The summed E-state index contributed by atoms with van der Waals surface area (Å²) in [5.41, 5.74) is 0. The van der Waals surface area contributed by atoms with Gasteiger partial charge in [-0.25, -0.2) is 9.52 Å². The van der Waals surface area contributed by atoms with E-state index in [0.29, 0.717) is 13.1 Å². The van der Waals surface area contributed by atoms with Gasteiger partial charge in [0, 0.05) is 19.1 Å². The van der Waals surface area contributed by atoms with Gasteiger partial charge in [-0.1, -0.05) is 0 Å². The molecule has 0 aromatic rings. The standard InChI is InChI=1S/C11H23N3O4S/c1-4-18-11(15)13-19(16,17)14-7-5-6-10(8-14)9(2)12-3/h9-10,12H,4-8H2,1-3H3,(H,13,15). The Morgan fingerprint density at radius 2 is 2.21 bits per heavy atom. The first-order valence-corrected chi connectivity index (χ1v) is 7.96. The van der Waals surface area contributed by atoms with Crippen molar-refractivity contribution in [2.24, 2.45) is 5.92 Å². The van der Waals surface area contributed by atoms with Crippen LogP contribution in [0.25, 0.3) is 0 Å². The lowest BCUT2D eigenvalue weighted by Gasteiger charge is -2.34. The Balaban J connectivity index is 2.65. The Morgan fingerprint density at radius 1 is 1.53 bits per heavy atom. The van der Waals surface area contributed by atoms with Crippen molar-refractivity contribution in [3.8, 4) is 0 Å². The maximum Gasteiger partial charge on any atom is 0.421 e. The highest BCUT2D eigenvalue weighted by Gasteiger charge is 2.32. The molecule has 8 heteroatoms. The van der Waals surface area contributed by atoms with E-state index in [0.717, 1.165) is 12.8 Å². The zero-order valence-corrected chi connectivity index (χ0v) is 12.5. The van der Waals surface area contributed by atoms with Crippen molar-refractivity contribution in [1.29, 1.82) is 0 Å². The molecular formula is C11H23N3O4S. The van der Waals surface area contributed by atoms with Crippen molar-refractivity contribution < 1.29 is 17.9 Å². The SMILES string of the molecule is CCOC(=O)NS(=O)(=O)N1CCCC(C(C)NC)C1. The number of ether oxygens (including phenoxy) is 1. The molecule has 0 radical (unpaired) electrons. The maximum atomic E-state index is 12.0. The largest absolute Gasteiger partial charge is 0.449 e. The van der Waals surface area contributed by atoms with Gasteiger partial charge in [0.15, 0.2) is 0 Å². The Bertz CT molecular complexity index is 399. The number of amides is 1. The van der Waals surface area contributed by atoms with E-state index in [1.54, 1.807) is 6.92 Å². The molecule has 0 bridgehead atoms. The molecule has 112 valence electrons. The molecule has 7 nitrogen and oxygen atoms in total. The molecule has 0 aromatic heterocycles. The fraction of sp³-hybridized carbons (Fsp3) is 0.909. The van der Waals surface area contributed by atoms with E-state index in [-0.39, 0.29) is 18.6 Å². The molecular weight excluding hydrogens is 270 g/mol. The van der Waals surface area contributed by atoms with Crippen LogP contribution in [0.15, 0.2) is 0 Å². The van der Waals surface area contributed by atoms with Crippen LogP contribution in [0.3, 0.4) is 0 Å². The molecule has 1 aliphatic heterocycles. The van der Waals surface area contributed by atoms with Crippen LogP contribution in [0.2, 0.25) is 0 Å². The summed E-state index contributed by atoms with van der Waals surface area (Å²) in [6.45, 7) is 4.64. The van der Waals surface area contributed by atoms with E-state index in [1.165, 1.54) is 4.31 Å². The predicted octanol–water partition coefficient (Wildman–Crippen LogP) is 0.297. The molecule has 2 atom stereocenters. The van der Waals surface area contributed by atoms with Crippen LogP contribution in [0.4, 0.5) is 4.79 Å². The molecule has 2 N–H and O–H groups in total. The summed E-state index contributed by atoms with van der Waals surface area (Å²) >= 11 is 0.